The molecule has 0 aromatic carbocycles. The SMILES string of the molecule is CCCCNC(=O)NC(=O)CSC(C)(C)[C@@H](N)C(=O)O. The Morgan fingerprint density at radius 2 is 1.95 bits per heavy atom. The molecule has 116 valence electrons. The number of aliphatic carboxylic acids is 1. The van der Waals surface area contributed by atoms with Crippen molar-refractivity contribution >= 4 is 29.7 Å². The van der Waals surface area contributed by atoms with Crippen LogP contribution in [0.2, 0.25) is 0 Å². The molecule has 0 bridgehead atoms. The number of carboxylic acids is 1. The number of unbranched alkanes of at least 4 members (excludes halogenated alkanes) is 1. The first-order chi connectivity index (χ1) is 9.20. The predicted molar refractivity (Wildman–Crippen MR) is 78.6 cm³/mol. The largest absolute Gasteiger partial charge is 0.480 e. The van der Waals surface area contributed by atoms with E-state index in [-0.39, 0.29) is 5.75 Å². The molecule has 0 aliphatic heterocycles. The molecule has 0 saturated heterocycles. The number of urea groups is 1. The number of imide groups is 1. The average molecular weight is 305 g/mol. The van der Waals surface area contributed by atoms with E-state index in [0.717, 1.165) is 24.6 Å². The highest BCUT2D eigenvalue weighted by molar-refractivity contribution is 8.01. The van der Waals surface area contributed by atoms with Crippen LogP contribution in [0.25, 0.3) is 0 Å². The molecule has 7 nitrogen and oxygen atoms in total. The van der Waals surface area contributed by atoms with Crippen molar-refractivity contribution in [2.45, 2.75) is 44.4 Å². The minimum atomic E-state index is -1.12. The van der Waals surface area contributed by atoms with Gasteiger partial charge in [0.1, 0.15) is 6.04 Å². The molecule has 5 N–H and O–H groups in total. The fraction of sp³-hybridized carbons (Fsp3) is 0.750. The van der Waals surface area contributed by atoms with Gasteiger partial charge in [-0.2, -0.15) is 0 Å². The van der Waals surface area contributed by atoms with Gasteiger partial charge in [0, 0.05) is 11.3 Å². The van der Waals surface area contributed by atoms with Crippen molar-refractivity contribution in [1.29, 1.82) is 0 Å². The number of rotatable bonds is 8. The molecule has 20 heavy (non-hydrogen) atoms. The van der Waals surface area contributed by atoms with Crippen LogP contribution in [0.3, 0.4) is 0 Å². The first kappa shape index (κ1) is 18.7. The summed E-state index contributed by atoms with van der Waals surface area (Å²) >= 11 is 1.10. The minimum absolute atomic E-state index is 0.0326. The van der Waals surface area contributed by atoms with Crippen LogP contribution in [0.5, 0.6) is 0 Å². The maximum absolute atomic E-state index is 11.5. The van der Waals surface area contributed by atoms with Crippen molar-refractivity contribution in [3.8, 4) is 0 Å². The molecule has 0 aromatic heterocycles. The molecule has 0 fully saturated rings. The second kappa shape index (κ2) is 8.80. The van der Waals surface area contributed by atoms with E-state index in [4.69, 9.17) is 10.8 Å². The maximum Gasteiger partial charge on any atom is 0.321 e. The van der Waals surface area contributed by atoms with Gasteiger partial charge in [0.05, 0.1) is 5.75 Å². The summed E-state index contributed by atoms with van der Waals surface area (Å²) in [6.45, 7) is 5.80. The first-order valence-electron chi connectivity index (χ1n) is 6.40. The third-order valence-electron chi connectivity index (χ3n) is 2.66. The van der Waals surface area contributed by atoms with Gasteiger partial charge in [-0.25, -0.2) is 4.79 Å². The van der Waals surface area contributed by atoms with Crippen molar-refractivity contribution in [2.75, 3.05) is 12.3 Å². The van der Waals surface area contributed by atoms with E-state index in [2.05, 4.69) is 10.6 Å². The van der Waals surface area contributed by atoms with Crippen LogP contribution < -0.4 is 16.4 Å². The fourth-order valence-corrected chi connectivity index (χ4v) is 2.08. The Morgan fingerprint density at radius 3 is 2.45 bits per heavy atom. The van der Waals surface area contributed by atoms with Crippen LogP contribution in [-0.2, 0) is 9.59 Å². The maximum atomic E-state index is 11.5. The van der Waals surface area contributed by atoms with E-state index in [0.29, 0.717) is 6.54 Å². The first-order valence-corrected chi connectivity index (χ1v) is 7.39. The van der Waals surface area contributed by atoms with Gasteiger partial charge in [0.2, 0.25) is 5.91 Å². The van der Waals surface area contributed by atoms with E-state index in [1.165, 1.54) is 0 Å². The van der Waals surface area contributed by atoms with Crippen LogP contribution in [-0.4, -0.2) is 46.1 Å². The third kappa shape index (κ3) is 7.34. The molecule has 1 atom stereocenters. The molecule has 0 spiro atoms. The molecule has 0 aromatic rings. The second-order valence-electron chi connectivity index (χ2n) is 4.87. The number of carbonyl (C=O) groups is 3. The van der Waals surface area contributed by atoms with Gasteiger partial charge < -0.3 is 16.2 Å². The number of nitrogens with one attached hydrogen (secondary N) is 2. The normalized spacial score (nSPS) is 12.6. The molecule has 0 radical (unpaired) electrons. The molecule has 3 amide bonds. The Morgan fingerprint density at radius 1 is 1.35 bits per heavy atom. The van der Waals surface area contributed by atoms with Crippen molar-refractivity contribution in [3.63, 3.8) is 0 Å². The number of carboxylic acid groups (broad SMARTS) is 1. The highest BCUT2D eigenvalue weighted by Gasteiger charge is 2.33. The quantitative estimate of drug-likeness (QED) is 0.485. The number of hydrogen-bond donors (Lipinski definition) is 4. The molecular weight excluding hydrogens is 282 g/mol. The van der Waals surface area contributed by atoms with Gasteiger partial charge in [0.15, 0.2) is 0 Å². The molecule has 0 saturated carbocycles. The van der Waals surface area contributed by atoms with Gasteiger partial charge in [-0.3, -0.25) is 14.9 Å². The molecule has 0 aliphatic rings. The summed E-state index contributed by atoms with van der Waals surface area (Å²) in [5, 5.41) is 13.6. The Labute approximate surface area is 123 Å². The summed E-state index contributed by atoms with van der Waals surface area (Å²) in [5.74, 6) is -1.63. The summed E-state index contributed by atoms with van der Waals surface area (Å²) < 4.78 is -0.804. The minimum Gasteiger partial charge on any atom is -0.480 e. The standard InChI is InChI=1S/C12H23N3O4S/c1-4-5-6-14-11(19)15-8(16)7-20-12(2,3)9(13)10(17)18/h9H,4-7,13H2,1-3H3,(H,17,18)(H2,14,15,16,19)/t9-/m0/s1. The zero-order valence-corrected chi connectivity index (χ0v) is 12.9. The van der Waals surface area contributed by atoms with Crippen LogP contribution >= 0.6 is 11.8 Å². The lowest BCUT2D eigenvalue weighted by molar-refractivity contribution is -0.139. The van der Waals surface area contributed by atoms with Crippen LogP contribution in [0.15, 0.2) is 0 Å². The zero-order valence-electron chi connectivity index (χ0n) is 12.1. The topological polar surface area (TPSA) is 122 Å². The third-order valence-corrected chi connectivity index (χ3v) is 4.06. The van der Waals surface area contributed by atoms with Crippen molar-refractivity contribution in [1.82, 2.24) is 10.6 Å². The fourth-order valence-electron chi connectivity index (χ4n) is 1.22. The van der Waals surface area contributed by atoms with Crippen LogP contribution in [0.1, 0.15) is 33.6 Å². The molecule has 8 heteroatoms. The van der Waals surface area contributed by atoms with Gasteiger partial charge >= 0.3 is 12.0 Å². The van der Waals surface area contributed by atoms with Gasteiger partial charge in [-0.15, -0.1) is 11.8 Å². The molecule has 0 unspecified atom stereocenters. The summed E-state index contributed by atoms with van der Waals surface area (Å²) in [6, 6.07) is -1.62. The molecular formula is C12H23N3O4S. The highest BCUT2D eigenvalue weighted by Crippen LogP contribution is 2.27. The summed E-state index contributed by atoms with van der Waals surface area (Å²) in [5.41, 5.74) is 5.53. The zero-order chi connectivity index (χ0) is 15.8. The predicted octanol–water partition coefficient (Wildman–Crippen LogP) is 0.536. The van der Waals surface area contributed by atoms with E-state index in [9.17, 15) is 14.4 Å². The van der Waals surface area contributed by atoms with Crippen LogP contribution in [0.4, 0.5) is 4.79 Å². The Kier molecular flexibility index (Phi) is 8.24. The van der Waals surface area contributed by atoms with E-state index in [1.807, 2.05) is 6.92 Å². The second-order valence-corrected chi connectivity index (χ2v) is 6.50. The van der Waals surface area contributed by atoms with E-state index < -0.39 is 28.7 Å². The summed E-state index contributed by atoms with van der Waals surface area (Å²) in [7, 11) is 0. The van der Waals surface area contributed by atoms with E-state index >= 15 is 0 Å². The molecule has 0 rings (SSSR count). The highest BCUT2D eigenvalue weighted by atomic mass is 32.2. The van der Waals surface area contributed by atoms with Crippen LogP contribution in [0, 0.1) is 0 Å². The number of thioether (sulfide) groups is 1. The monoisotopic (exact) mass is 305 g/mol. The molecule has 0 heterocycles. The lowest BCUT2D eigenvalue weighted by Gasteiger charge is -2.27. The Bertz CT molecular complexity index is 361. The van der Waals surface area contributed by atoms with Gasteiger partial charge in [-0.05, 0) is 20.3 Å². The Balaban J connectivity index is 4.10. The Hall–Kier alpha value is -1.28. The number of nitrogens with two attached hydrogens (primary N) is 1. The van der Waals surface area contributed by atoms with Gasteiger partial charge in [0.25, 0.3) is 0 Å². The smallest absolute Gasteiger partial charge is 0.321 e. The number of carbonyl (C=O) groups excluding carboxylic acids is 2. The van der Waals surface area contributed by atoms with Gasteiger partial charge in [-0.1, -0.05) is 13.3 Å². The van der Waals surface area contributed by atoms with Crippen molar-refractivity contribution in [2.24, 2.45) is 5.73 Å². The van der Waals surface area contributed by atoms with Crippen molar-refractivity contribution in [3.05, 3.63) is 0 Å². The lowest BCUT2D eigenvalue weighted by atomic mass is 10.1. The number of hydrogen-bond acceptors (Lipinski definition) is 5. The van der Waals surface area contributed by atoms with Crippen molar-refractivity contribution < 1.29 is 19.5 Å². The van der Waals surface area contributed by atoms with E-state index in [1.54, 1.807) is 13.8 Å². The summed E-state index contributed by atoms with van der Waals surface area (Å²) in [6.07, 6.45) is 1.79. The lowest BCUT2D eigenvalue weighted by Crippen LogP contribution is -2.48. The number of amides is 3. The molecule has 0 aliphatic carbocycles. The summed E-state index contributed by atoms with van der Waals surface area (Å²) in [4.78, 5) is 33.7. The average Bonchev–Trinajstić information content (AvgIpc) is 2.35.